The molecule has 1 aliphatic carbocycles. The summed E-state index contributed by atoms with van der Waals surface area (Å²) in [6.07, 6.45) is 0.468. The van der Waals surface area contributed by atoms with Crippen LogP contribution in [0.15, 0.2) is 30.3 Å². The Morgan fingerprint density at radius 2 is 1.83 bits per heavy atom. The average Bonchev–Trinajstić information content (AvgIpc) is 3.19. The van der Waals surface area contributed by atoms with Crippen molar-refractivity contribution in [2.24, 2.45) is 0 Å². The molecule has 0 aromatic heterocycles. The summed E-state index contributed by atoms with van der Waals surface area (Å²) in [6.45, 7) is 8.41. The molecule has 1 aromatic carbocycles. The Kier molecular flexibility index (Phi) is 4.15. The summed E-state index contributed by atoms with van der Waals surface area (Å²) in [6, 6.07) is 9.70. The van der Waals surface area contributed by atoms with Gasteiger partial charge in [0.1, 0.15) is 6.61 Å². The molecule has 5 nitrogen and oxygen atoms in total. The second-order valence-corrected chi connectivity index (χ2v) is 7.34. The predicted molar refractivity (Wildman–Crippen MR) is 88.0 cm³/mol. The normalized spacial score (nSPS) is 27.6. The lowest BCUT2D eigenvalue weighted by Crippen LogP contribution is -2.41. The summed E-state index contributed by atoms with van der Waals surface area (Å²) >= 11 is 0. The van der Waals surface area contributed by atoms with Gasteiger partial charge in [-0.05, 0) is 39.7 Å². The fourth-order valence-electron chi connectivity index (χ4n) is 2.66. The molecule has 2 fully saturated rings. The van der Waals surface area contributed by atoms with E-state index < -0.39 is 6.09 Å². The maximum absolute atomic E-state index is 11.9. The molecule has 0 unspecified atom stereocenters. The fourth-order valence-corrected chi connectivity index (χ4v) is 2.66. The number of amides is 1. The van der Waals surface area contributed by atoms with E-state index in [1.807, 2.05) is 58.0 Å². The zero-order valence-corrected chi connectivity index (χ0v) is 14.2. The van der Waals surface area contributed by atoms with Crippen molar-refractivity contribution >= 4 is 13.2 Å². The standard InChI is InChI=1S/C17H24BNO4/c1-16(2)17(3,4)23-18(22-16)13-10-14(13)19-15(20)21-11-12-8-6-5-7-9-12/h5-9,13-14H,10-11H2,1-4H3,(H,19,20)/t13-,14-/m1/s1. The molecule has 1 aliphatic heterocycles. The van der Waals surface area contributed by atoms with E-state index in [1.165, 1.54) is 0 Å². The van der Waals surface area contributed by atoms with E-state index >= 15 is 0 Å². The van der Waals surface area contributed by atoms with Gasteiger partial charge in [0.15, 0.2) is 0 Å². The smallest absolute Gasteiger partial charge is 0.445 e. The molecule has 2 atom stereocenters. The Balaban J connectivity index is 1.44. The molecule has 0 spiro atoms. The Labute approximate surface area is 137 Å². The van der Waals surface area contributed by atoms with Crippen LogP contribution in [-0.2, 0) is 20.7 Å². The second kappa shape index (κ2) is 5.84. The molecule has 6 heteroatoms. The molecule has 0 radical (unpaired) electrons. The van der Waals surface area contributed by atoms with Gasteiger partial charge >= 0.3 is 13.2 Å². The van der Waals surface area contributed by atoms with Crippen molar-refractivity contribution in [1.29, 1.82) is 0 Å². The number of alkyl carbamates (subject to hydrolysis) is 1. The van der Waals surface area contributed by atoms with E-state index in [1.54, 1.807) is 0 Å². The van der Waals surface area contributed by atoms with Crippen molar-refractivity contribution in [3.8, 4) is 0 Å². The van der Waals surface area contributed by atoms with Gasteiger partial charge in [-0.1, -0.05) is 30.3 Å². The summed E-state index contributed by atoms with van der Waals surface area (Å²) in [5.74, 6) is 0.195. The third-order valence-corrected chi connectivity index (χ3v) is 4.98. The molecular formula is C17H24BNO4. The van der Waals surface area contributed by atoms with E-state index in [2.05, 4.69) is 5.32 Å². The Morgan fingerprint density at radius 3 is 2.43 bits per heavy atom. The van der Waals surface area contributed by atoms with Crippen molar-refractivity contribution in [2.45, 2.75) is 63.8 Å². The first kappa shape index (κ1) is 16.3. The van der Waals surface area contributed by atoms with E-state index in [0.29, 0.717) is 0 Å². The lowest BCUT2D eigenvalue weighted by Gasteiger charge is -2.32. The maximum atomic E-state index is 11.9. The van der Waals surface area contributed by atoms with Gasteiger partial charge in [-0.3, -0.25) is 0 Å². The van der Waals surface area contributed by atoms with Crippen LogP contribution in [0.3, 0.4) is 0 Å². The lowest BCUT2D eigenvalue weighted by atomic mass is 9.82. The van der Waals surface area contributed by atoms with Crippen LogP contribution in [0, 0.1) is 0 Å². The fraction of sp³-hybridized carbons (Fsp3) is 0.588. The van der Waals surface area contributed by atoms with Crippen LogP contribution in [0.25, 0.3) is 0 Å². The zero-order valence-electron chi connectivity index (χ0n) is 14.2. The van der Waals surface area contributed by atoms with Gasteiger partial charge in [-0.15, -0.1) is 0 Å². The molecule has 2 aliphatic rings. The molecule has 1 aromatic rings. The molecular weight excluding hydrogens is 293 g/mol. The number of benzene rings is 1. The highest BCUT2D eigenvalue weighted by atomic mass is 16.7. The van der Waals surface area contributed by atoms with Gasteiger partial charge in [-0.2, -0.15) is 0 Å². The van der Waals surface area contributed by atoms with Crippen molar-refractivity contribution in [3.05, 3.63) is 35.9 Å². The number of rotatable bonds is 4. The van der Waals surface area contributed by atoms with Crippen LogP contribution in [0.1, 0.15) is 39.7 Å². The van der Waals surface area contributed by atoms with Crippen molar-refractivity contribution in [2.75, 3.05) is 0 Å². The quantitative estimate of drug-likeness (QED) is 0.867. The molecule has 0 bridgehead atoms. The van der Waals surface area contributed by atoms with Crippen molar-refractivity contribution in [1.82, 2.24) is 5.32 Å². The molecule has 124 valence electrons. The summed E-state index contributed by atoms with van der Waals surface area (Å²) in [5, 5.41) is 2.88. The third kappa shape index (κ3) is 3.53. The van der Waals surface area contributed by atoms with Gasteiger partial charge in [0, 0.05) is 11.9 Å². The van der Waals surface area contributed by atoms with Gasteiger partial charge in [0.2, 0.25) is 0 Å². The minimum Gasteiger partial charge on any atom is -0.445 e. The number of nitrogens with one attached hydrogen (secondary N) is 1. The molecule has 1 saturated carbocycles. The van der Waals surface area contributed by atoms with Crippen LogP contribution in [-0.4, -0.2) is 30.5 Å². The first-order chi connectivity index (χ1) is 10.8. The lowest BCUT2D eigenvalue weighted by molar-refractivity contribution is 0.00578. The number of carbonyl (C=O) groups is 1. The number of ether oxygens (including phenoxy) is 1. The molecule has 3 rings (SSSR count). The monoisotopic (exact) mass is 317 g/mol. The highest BCUT2D eigenvalue weighted by molar-refractivity contribution is 6.49. The minimum atomic E-state index is -0.391. The molecule has 1 heterocycles. The SMILES string of the molecule is CC1(C)OB([C@@H]2C[C@H]2NC(=O)OCc2ccccc2)OC1(C)C. The van der Waals surface area contributed by atoms with E-state index in [4.69, 9.17) is 14.0 Å². The van der Waals surface area contributed by atoms with Crippen LogP contribution in [0.4, 0.5) is 4.79 Å². The average molecular weight is 317 g/mol. The maximum Gasteiger partial charge on any atom is 0.463 e. The van der Waals surface area contributed by atoms with Crippen molar-refractivity contribution in [3.63, 3.8) is 0 Å². The van der Waals surface area contributed by atoms with Crippen LogP contribution in [0.2, 0.25) is 5.82 Å². The second-order valence-electron chi connectivity index (χ2n) is 7.34. The van der Waals surface area contributed by atoms with Gasteiger partial charge in [-0.25, -0.2) is 4.79 Å². The van der Waals surface area contributed by atoms with Crippen LogP contribution in [0.5, 0.6) is 0 Å². The van der Waals surface area contributed by atoms with Crippen LogP contribution < -0.4 is 5.32 Å². The molecule has 1 saturated heterocycles. The molecule has 1 amide bonds. The molecule has 1 N–H and O–H groups in total. The van der Waals surface area contributed by atoms with Gasteiger partial charge < -0.3 is 19.4 Å². The van der Waals surface area contributed by atoms with E-state index in [9.17, 15) is 4.79 Å². The first-order valence-electron chi connectivity index (χ1n) is 8.11. The topological polar surface area (TPSA) is 56.8 Å². The Bertz CT molecular complexity index is 559. The predicted octanol–water partition coefficient (Wildman–Crippen LogP) is 3.15. The summed E-state index contributed by atoms with van der Waals surface area (Å²) in [4.78, 5) is 11.9. The minimum absolute atomic E-state index is 0.0629. The number of hydrogen-bond acceptors (Lipinski definition) is 4. The van der Waals surface area contributed by atoms with E-state index in [-0.39, 0.29) is 36.8 Å². The summed E-state index contributed by atoms with van der Waals surface area (Å²) < 4.78 is 17.3. The largest absolute Gasteiger partial charge is 0.463 e. The van der Waals surface area contributed by atoms with Crippen LogP contribution >= 0.6 is 0 Å². The Hall–Kier alpha value is -1.53. The van der Waals surface area contributed by atoms with Gasteiger partial charge in [0.05, 0.1) is 11.2 Å². The number of hydrogen-bond donors (Lipinski definition) is 1. The third-order valence-electron chi connectivity index (χ3n) is 4.98. The number of carbonyl (C=O) groups excluding carboxylic acids is 1. The zero-order chi connectivity index (χ0) is 16.7. The summed E-state index contributed by atoms with van der Waals surface area (Å²) in [5.41, 5.74) is 0.304. The van der Waals surface area contributed by atoms with Gasteiger partial charge in [0.25, 0.3) is 0 Å². The summed E-state index contributed by atoms with van der Waals surface area (Å²) in [7, 11) is -0.264. The van der Waals surface area contributed by atoms with E-state index in [0.717, 1.165) is 12.0 Å². The highest BCUT2D eigenvalue weighted by Gasteiger charge is 2.60. The highest BCUT2D eigenvalue weighted by Crippen LogP contribution is 2.48. The molecule has 23 heavy (non-hydrogen) atoms. The first-order valence-corrected chi connectivity index (χ1v) is 8.11. The van der Waals surface area contributed by atoms with Crippen molar-refractivity contribution < 1.29 is 18.8 Å². The Morgan fingerprint density at radius 1 is 1.22 bits per heavy atom.